The maximum atomic E-state index is 12.5. The van der Waals surface area contributed by atoms with E-state index in [9.17, 15) is 9.59 Å². The molecule has 1 amide bonds. The number of amides is 1. The summed E-state index contributed by atoms with van der Waals surface area (Å²) in [5, 5.41) is 3.56. The van der Waals surface area contributed by atoms with Crippen LogP contribution >= 0.6 is 11.3 Å². The van der Waals surface area contributed by atoms with Crippen LogP contribution in [0.1, 0.15) is 44.9 Å². The zero-order chi connectivity index (χ0) is 18.0. The first-order valence-corrected chi connectivity index (χ1v) is 9.31. The maximum Gasteiger partial charge on any atom is 0.341 e. The van der Waals surface area contributed by atoms with Crippen molar-refractivity contribution in [2.24, 2.45) is 0 Å². The Kier molecular flexibility index (Phi) is 5.18. The van der Waals surface area contributed by atoms with E-state index in [1.54, 1.807) is 0 Å². The Bertz CT molecular complexity index is 826. The van der Waals surface area contributed by atoms with E-state index in [-0.39, 0.29) is 18.4 Å². The highest BCUT2D eigenvalue weighted by Gasteiger charge is 2.27. The molecular weight excluding hydrogens is 336 g/mol. The number of aryl methyl sites for hydroxylation is 2. The summed E-state index contributed by atoms with van der Waals surface area (Å²) in [6.45, 7) is 4.23. The van der Waals surface area contributed by atoms with Crippen molar-refractivity contribution in [3.63, 3.8) is 0 Å². The molecule has 132 valence electrons. The average molecular weight is 359 g/mol. The fourth-order valence-electron chi connectivity index (χ4n) is 3.21. The largest absolute Gasteiger partial charge is 0.465 e. The van der Waals surface area contributed by atoms with E-state index < -0.39 is 0 Å². The number of aromatic nitrogens is 1. The van der Waals surface area contributed by atoms with Gasteiger partial charge in [0, 0.05) is 23.4 Å². The van der Waals surface area contributed by atoms with Gasteiger partial charge < -0.3 is 10.1 Å². The molecule has 2 heterocycles. The summed E-state index contributed by atoms with van der Waals surface area (Å²) in [4.78, 5) is 26.0. The van der Waals surface area contributed by atoms with Gasteiger partial charge in [-0.1, -0.05) is 0 Å². The van der Waals surface area contributed by atoms with Gasteiger partial charge in [-0.25, -0.2) is 4.79 Å². The highest BCUT2D eigenvalue weighted by molar-refractivity contribution is 7.17. The molecule has 2 aromatic heterocycles. The van der Waals surface area contributed by atoms with Crippen LogP contribution in [0.25, 0.3) is 0 Å². The minimum atomic E-state index is -0.367. The molecule has 0 bridgehead atoms. The molecule has 0 aromatic carbocycles. The molecule has 0 atom stereocenters. The Morgan fingerprint density at radius 2 is 2.04 bits per heavy atom. The molecule has 0 fully saturated rings. The van der Waals surface area contributed by atoms with Crippen LogP contribution in [0.15, 0.2) is 18.3 Å². The van der Waals surface area contributed by atoms with E-state index in [1.807, 2.05) is 36.7 Å². The van der Waals surface area contributed by atoms with Gasteiger partial charge in [0.1, 0.15) is 5.00 Å². The van der Waals surface area contributed by atoms with Gasteiger partial charge in [-0.3, -0.25) is 4.79 Å². The Morgan fingerprint density at radius 1 is 1.28 bits per heavy atom. The van der Waals surface area contributed by atoms with Gasteiger partial charge >= 0.3 is 5.97 Å². The number of rotatable bonds is 4. The lowest BCUT2D eigenvalue weighted by atomic mass is 9.95. The van der Waals surface area contributed by atoms with Crippen LogP contribution in [0.2, 0.25) is 0 Å². The van der Waals surface area contributed by atoms with Gasteiger partial charge in [-0.15, -0.1) is 11.3 Å². The van der Waals surface area contributed by atoms with Crippen LogP contribution in [-0.4, -0.2) is 19.0 Å². The molecule has 6 heteroatoms. The van der Waals surface area contributed by atoms with E-state index in [0.717, 1.165) is 42.5 Å². The number of pyridine rings is 1. The minimum Gasteiger partial charge on any atom is -0.465 e. The van der Waals surface area contributed by atoms with Crippen LogP contribution in [0.3, 0.4) is 0 Å². The fraction of sp³-hybridized carbons (Fsp3) is 0.421. The summed E-state index contributed by atoms with van der Waals surface area (Å²) in [5.41, 5.74) is 3.78. The number of carbonyl (C=O) groups is 2. The molecule has 25 heavy (non-hydrogen) atoms. The Hall–Kier alpha value is -2.21. The second-order valence-corrected chi connectivity index (χ2v) is 7.46. The standard InChI is InChI=1S/C19H22N2O3S/c1-12-7-6-10-21(13(12)2)11-16(22)20-18-17(19(23)24-3)14-8-4-5-9-15(14)25-18/h6-7,10H,4-5,8-9,11H2,1-3H3/p+1. The number of thiophene rings is 1. The van der Waals surface area contributed by atoms with Gasteiger partial charge in [0.25, 0.3) is 5.91 Å². The minimum absolute atomic E-state index is 0.137. The highest BCUT2D eigenvalue weighted by atomic mass is 32.1. The third-order valence-corrected chi connectivity index (χ3v) is 5.95. The topological polar surface area (TPSA) is 59.3 Å². The summed E-state index contributed by atoms with van der Waals surface area (Å²) >= 11 is 1.51. The molecule has 1 N–H and O–H groups in total. The lowest BCUT2D eigenvalue weighted by molar-refractivity contribution is -0.690. The monoisotopic (exact) mass is 359 g/mol. The molecule has 0 spiro atoms. The molecule has 0 aliphatic heterocycles. The quantitative estimate of drug-likeness (QED) is 0.674. The molecule has 1 aliphatic carbocycles. The predicted molar refractivity (Wildman–Crippen MR) is 97.0 cm³/mol. The number of fused-ring (bicyclic) bond motifs is 1. The second kappa shape index (κ2) is 7.35. The summed E-state index contributed by atoms with van der Waals surface area (Å²) in [7, 11) is 1.38. The Morgan fingerprint density at radius 3 is 2.80 bits per heavy atom. The zero-order valence-corrected chi connectivity index (χ0v) is 15.7. The maximum absolute atomic E-state index is 12.5. The third kappa shape index (κ3) is 3.58. The summed E-state index contributed by atoms with van der Waals surface area (Å²) < 4.78 is 6.86. The van der Waals surface area contributed by atoms with Crippen LogP contribution in [-0.2, 0) is 28.9 Å². The van der Waals surface area contributed by atoms with Crippen molar-refractivity contribution in [1.29, 1.82) is 0 Å². The van der Waals surface area contributed by atoms with Gasteiger partial charge in [0.05, 0.1) is 12.7 Å². The van der Waals surface area contributed by atoms with Crippen molar-refractivity contribution in [3.8, 4) is 0 Å². The molecular formula is C19H23N2O3S+. The van der Waals surface area contributed by atoms with Crippen LogP contribution in [0, 0.1) is 13.8 Å². The number of hydrogen-bond acceptors (Lipinski definition) is 4. The molecule has 2 aromatic rings. The smallest absolute Gasteiger partial charge is 0.341 e. The highest BCUT2D eigenvalue weighted by Crippen LogP contribution is 2.38. The van der Waals surface area contributed by atoms with Crippen molar-refractivity contribution >= 4 is 28.2 Å². The number of anilines is 1. The number of hydrogen-bond donors (Lipinski definition) is 1. The summed E-state index contributed by atoms with van der Waals surface area (Å²) in [6.07, 6.45) is 5.92. The number of ether oxygens (including phenoxy) is 1. The van der Waals surface area contributed by atoms with Crippen LogP contribution in [0.4, 0.5) is 5.00 Å². The molecule has 0 saturated heterocycles. The van der Waals surface area contributed by atoms with Gasteiger partial charge in [-0.05, 0) is 44.2 Å². The number of methoxy groups -OCH3 is 1. The molecule has 0 radical (unpaired) electrons. The van der Waals surface area contributed by atoms with Gasteiger partial charge in [0.15, 0.2) is 11.9 Å². The molecule has 3 rings (SSSR count). The lowest BCUT2D eigenvalue weighted by Crippen LogP contribution is -2.43. The van der Waals surface area contributed by atoms with E-state index >= 15 is 0 Å². The first-order chi connectivity index (χ1) is 12.0. The van der Waals surface area contributed by atoms with Crippen LogP contribution in [0.5, 0.6) is 0 Å². The van der Waals surface area contributed by atoms with E-state index in [1.165, 1.54) is 23.3 Å². The van der Waals surface area contributed by atoms with Crippen molar-refractivity contribution in [2.45, 2.75) is 46.1 Å². The Labute approximate surface area is 151 Å². The van der Waals surface area contributed by atoms with Gasteiger partial charge in [-0.2, -0.15) is 4.57 Å². The SMILES string of the molecule is COC(=O)c1c(NC(=O)C[n+]2cccc(C)c2C)sc2c1CCCC2. The van der Waals surface area contributed by atoms with E-state index in [0.29, 0.717) is 10.6 Å². The second-order valence-electron chi connectivity index (χ2n) is 6.36. The molecule has 0 saturated carbocycles. The van der Waals surface area contributed by atoms with Crippen LogP contribution < -0.4 is 9.88 Å². The fourth-order valence-corrected chi connectivity index (χ4v) is 4.51. The van der Waals surface area contributed by atoms with Crippen molar-refractivity contribution in [2.75, 3.05) is 12.4 Å². The summed E-state index contributed by atoms with van der Waals surface area (Å²) in [5.74, 6) is -0.503. The normalized spacial score (nSPS) is 13.2. The average Bonchev–Trinajstić information content (AvgIpc) is 2.96. The number of carbonyl (C=O) groups excluding carboxylic acids is 2. The first-order valence-electron chi connectivity index (χ1n) is 8.49. The van der Waals surface area contributed by atoms with Crippen molar-refractivity contribution in [1.82, 2.24) is 0 Å². The summed E-state index contributed by atoms with van der Waals surface area (Å²) in [6, 6.07) is 3.95. The van der Waals surface area contributed by atoms with Crippen molar-refractivity contribution in [3.05, 3.63) is 45.6 Å². The third-order valence-electron chi connectivity index (χ3n) is 4.74. The van der Waals surface area contributed by atoms with Crippen molar-refractivity contribution < 1.29 is 18.9 Å². The first kappa shape index (κ1) is 17.6. The Balaban J connectivity index is 1.84. The lowest BCUT2D eigenvalue weighted by Gasteiger charge is -2.11. The van der Waals surface area contributed by atoms with Gasteiger partial charge in [0.2, 0.25) is 6.54 Å². The predicted octanol–water partition coefficient (Wildman–Crippen LogP) is 2.96. The van der Waals surface area contributed by atoms with E-state index in [2.05, 4.69) is 5.32 Å². The van der Waals surface area contributed by atoms with E-state index in [4.69, 9.17) is 4.74 Å². The molecule has 0 unspecified atom stereocenters. The number of nitrogens with zero attached hydrogens (tertiary/aromatic N) is 1. The molecule has 5 nitrogen and oxygen atoms in total. The zero-order valence-electron chi connectivity index (χ0n) is 14.8. The molecule has 1 aliphatic rings. The number of nitrogens with one attached hydrogen (secondary N) is 1. The number of esters is 1.